The molecule has 0 aliphatic carbocycles. The maximum absolute atomic E-state index is 12.4. The Morgan fingerprint density at radius 2 is 1.87 bits per heavy atom. The van der Waals surface area contributed by atoms with Crippen LogP contribution in [0.3, 0.4) is 0 Å². The molecule has 0 aromatic heterocycles. The van der Waals surface area contributed by atoms with Gasteiger partial charge in [-0.2, -0.15) is 0 Å². The van der Waals surface area contributed by atoms with E-state index in [0.29, 0.717) is 13.1 Å². The Labute approximate surface area is 138 Å². The van der Waals surface area contributed by atoms with Gasteiger partial charge in [0.25, 0.3) is 0 Å². The Morgan fingerprint density at radius 3 is 2.39 bits per heavy atom. The molecule has 23 heavy (non-hydrogen) atoms. The van der Waals surface area contributed by atoms with Crippen molar-refractivity contribution in [2.75, 3.05) is 18.0 Å². The van der Waals surface area contributed by atoms with Gasteiger partial charge >= 0.3 is 0 Å². The second-order valence-electron chi connectivity index (χ2n) is 7.23. The first-order valence-corrected chi connectivity index (χ1v) is 8.05. The molecule has 0 bridgehead atoms. The summed E-state index contributed by atoms with van der Waals surface area (Å²) in [4.78, 5) is 26.6. The first-order valence-electron chi connectivity index (χ1n) is 8.05. The topological polar surface area (TPSA) is 75.4 Å². The zero-order chi connectivity index (χ0) is 17.4. The third kappa shape index (κ3) is 3.72. The van der Waals surface area contributed by atoms with Crippen molar-refractivity contribution in [3.63, 3.8) is 0 Å². The van der Waals surface area contributed by atoms with E-state index in [-0.39, 0.29) is 24.2 Å². The lowest BCUT2D eigenvalue weighted by atomic mass is 10.0. The number of nitrogens with zero attached hydrogens (tertiary/aromatic N) is 1. The van der Waals surface area contributed by atoms with Crippen LogP contribution in [0.2, 0.25) is 0 Å². The lowest BCUT2D eigenvalue weighted by molar-refractivity contribution is -0.127. The molecule has 2 amide bonds. The number of nitrogens with one attached hydrogen (secondary N) is 1. The second kappa shape index (κ2) is 6.32. The average molecular weight is 317 g/mol. The van der Waals surface area contributed by atoms with Gasteiger partial charge in [-0.3, -0.25) is 9.59 Å². The molecule has 1 aliphatic rings. The van der Waals surface area contributed by atoms with Gasteiger partial charge in [-0.25, -0.2) is 0 Å². The Kier molecular flexibility index (Phi) is 4.80. The Balaban J connectivity index is 2.20. The summed E-state index contributed by atoms with van der Waals surface area (Å²) in [5.41, 5.74) is 9.46. The van der Waals surface area contributed by atoms with Gasteiger partial charge in [-0.05, 0) is 45.7 Å². The van der Waals surface area contributed by atoms with E-state index >= 15 is 0 Å². The van der Waals surface area contributed by atoms with Crippen molar-refractivity contribution < 1.29 is 9.59 Å². The molecule has 126 valence electrons. The van der Waals surface area contributed by atoms with Gasteiger partial charge in [0.15, 0.2) is 0 Å². The van der Waals surface area contributed by atoms with Crippen LogP contribution in [-0.4, -0.2) is 30.4 Å². The van der Waals surface area contributed by atoms with E-state index in [1.165, 1.54) is 5.56 Å². The van der Waals surface area contributed by atoms with Crippen LogP contribution in [-0.2, 0) is 9.59 Å². The molecule has 1 fully saturated rings. The highest BCUT2D eigenvalue weighted by Gasteiger charge is 2.37. The Hall–Kier alpha value is -1.88. The third-order valence-electron chi connectivity index (χ3n) is 4.37. The quantitative estimate of drug-likeness (QED) is 0.889. The lowest BCUT2D eigenvalue weighted by Gasteiger charge is -2.26. The maximum atomic E-state index is 12.4. The maximum Gasteiger partial charge on any atom is 0.227 e. The van der Waals surface area contributed by atoms with Gasteiger partial charge in [0.2, 0.25) is 11.8 Å². The number of nitrogens with two attached hydrogens (primary N) is 1. The largest absolute Gasteiger partial charge is 0.350 e. The molecule has 1 atom stereocenters. The molecule has 1 aromatic carbocycles. The van der Waals surface area contributed by atoms with Crippen molar-refractivity contribution in [2.45, 2.75) is 46.6 Å². The summed E-state index contributed by atoms with van der Waals surface area (Å²) in [6.45, 7) is 10.6. The molecule has 1 unspecified atom stereocenters. The minimum Gasteiger partial charge on any atom is -0.350 e. The van der Waals surface area contributed by atoms with Crippen LogP contribution in [0.25, 0.3) is 0 Å². The highest BCUT2D eigenvalue weighted by atomic mass is 16.2. The zero-order valence-electron chi connectivity index (χ0n) is 14.7. The molecule has 3 N–H and O–H groups in total. The minimum absolute atomic E-state index is 0.00533. The molecule has 5 heteroatoms. The van der Waals surface area contributed by atoms with E-state index in [2.05, 4.69) is 17.4 Å². The number of carbonyl (C=O) groups excluding carboxylic acids is 2. The first-order chi connectivity index (χ1) is 10.6. The summed E-state index contributed by atoms with van der Waals surface area (Å²) in [6, 6.07) is 4.14. The van der Waals surface area contributed by atoms with Crippen LogP contribution in [0.5, 0.6) is 0 Å². The number of hydrogen-bond acceptors (Lipinski definition) is 3. The fourth-order valence-corrected chi connectivity index (χ4v) is 3.18. The van der Waals surface area contributed by atoms with Gasteiger partial charge in [-0.15, -0.1) is 0 Å². The predicted octanol–water partition coefficient (Wildman–Crippen LogP) is 1.82. The van der Waals surface area contributed by atoms with E-state index in [1.54, 1.807) is 4.90 Å². The molecule has 1 aliphatic heterocycles. The normalized spacial score (nSPS) is 18.4. The SMILES string of the molecule is Cc1cc(C)c(N2CC(C(=O)NC(C)(C)CN)CC2=O)c(C)c1. The van der Waals surface area contributed by atoms with Crippen LogP contribution in [0.15, 0.2) is 12.1 Å². The lowest BCUT2D eigenvalue weighted by Crippen LogP contribution is -2.51. The smallest absolute Gasteiger partial charge is 0.227 e. The van der Waals surface area contributed by atoms with Gasteiger partial charge < -0.3 is 16.0 Å². The van der Waals surface area contributed by atoms with Crippen LogP contribution >= 0.6 is 0 Å². The van der Waals surface area contributed by atoms with Crippen molar-refractivity contribution in [1.82, 2.24) is 5.32 Å². The fraction of sp³-hybridized carbons (Fsp3) is 0.556. The number of aryl methyl sites for hydroxylation is 3. The van der Waals surface area contributed by atoms with E-state index in [4.69, 9.17) is 5.73 Å². The van der Waals surface area contributed by atoms with E-state index in [1.807, 2.05) is 34.6 Å². The molecule has 5 nitrogen and oxygen atoms in total. The summed E-state index contributed by atoms with van der Waals surface area (Å²) in [5.74, 6) is -0.419. The summed E-state index contributed by atoms with van der Waals surface area (Å²) in [5, 5.41) is 2.94. The first kappa shape index (κ1) is 17.5. The predicted molar refractivity (Wildman–Crippen MR) is 92.4 cm³/mol. The van der Waals surface area contributed by atoms with Gasteiger partial charge in [-0.1, -0.05) is 17.7 Å². The molecule has 1 saturated heterocycles. The number of amides is 2. The highest BCUT2D eigenvalue weighted by molar-refractivity contribution is 6.01. The third-order valence-corrected chi connectivity index (χ3v) is 4.37. The van der Waals surface area contributed by atoms with Crippen LogP contribution in [0.4, 0.5) is 5.69 Å². The molecular formula is C18H27N3O2. The fourth-order valence-electron chi connectivity index (χ4n) is 3.18. The minimum atomic E-state index is -0.455. The molecule has 2 rings (SSSR count). The second-order valence-corrected chi connectivity index (χ2v) is 7.23. The van der Waals surface area contributed by atoms with Crippen molar-refractivity contribution in [3.05, 3.63) is 28.8 Å². The number of hydrogen-bond donors (Lipinski definition) is 2. The van der Waals surface area contributed by atoms with Gasteiger partial charge in [0, 0.05) is 30.7 Å². The van der Waals surface area contributed by atoms with Crippen LogP contribution < -0.4 is 16.0 Å². The van der Waals surface area contributed by atoms with Crippen LogP contribution in [0.1, 0.15) is 37.0 Å². The summed E-state index contributed by atoms with van der Waals surface area (Å²) < 4.78 is 0. The van der Waals surface area contributed by atoms with Crippen molar-refractivity contribution >= 4 is 17.5 Å². The van der Waals surface area contributed by atoms with Crippen LogP contribution in [0, 0.1) is 26.7 Å². The van der Waals surface area contributed by atoms with E-state index < -0.39 is 5.54 Å². The highest BCUT2D eigenvalue weighted by Crippen LogP contribution is 2.32. The van der Waals surface area contributed by atoms with Gasteiger partial charge in [0.05, 0.1) is 5.92 Å². The summed E-state index contributed by atoms with van der Waals surface area (Å²) in [6.07, 6.45) is 0.249. The van der Waals surface area contributed by atoms with E-state index in [9.17, 15) is 9.59 Å². The zero-order valence-corrected chi connectivity index (χ0v) is 14.7. The van der Waals surface area contributed by atoms with Gasteiger partial charge in [0.1, 0.15) is 0 Å². The number of carbonyl (C=O) groups is 2. The van der Waals surface area contributed by atoms with Crippen molar-refractivity contribution in [3.8, 4) is 0 Å². The molecule has 0 spiro atoms. The molecule has 0 radical (unpaired) electrons. The Bertz CT molecular complexity index is 614. The molecule has 0 saturated carbocycles. The average Bonchev–Trinajstić information content (AvgIpc) is 2.79. The van der Waals surface area contributed by atoms with Crippen molar-refractivity contribution in [2.24, 2.45) is 11.7 Å². The monoisotopic (exact) mass is 317 g/mol. The number of benzene rings is 1. The molecule has 1 heterocycles. The van der Waals surface area contributed by atoms with Crippen molar-refractivity contribution in [1.29, 1.82) is 0 Å². The summed E-state index contributed by atoms with van der Waals surface area (Å²) >= 11 is 0. The molecule has 1 aromatic rings. The van der Waals surface area contributed by atoms with E-state index in [0.717, 1.165) is 16.8 Å². The molecular weight excluding hydrogens is 290 g/mol. The Morgan fingerprint density at radius 1 is 1.30 bits per heavy atom. The summed E-state index contributed by atoms with van der Waals surface area (Å²) in [7, 11) is 0. The standard InChI is InChI=1S/C18H27N3O2/c1-11-6-12(2)16(13(3)7-11)21-9-14(8-15(21)22)17(23)20-18(4,5)10-19/h6-7,14H,8-10,19H2,1-5H3,(H,20,23). The number of anilines is 1. The number of rotatable bonds is 4.